The monoisotopic (exact) mass is 793 g/mol. The average Bonchev–Trinajstić information content (AvgIpc) is 4.05. The van der Waals surface area contributed by atoms with Gasteiger partial charge in [-0.2, -0.15) is 0 Å². The number of aromatic nitrogens is 2. The highest BCUT2D eigenvalue weighted by Crippen LogP contribution is 2.47. The largest absolute Gasteiger partial charge is 0.456 e. The maximum Gasteiger partial charge on any atom is 0.227 e. The number of nitrogens with zero attached hydrogens (tertiary/aromatic N) is 3. The molecule has 5 heteroatoms. The SMILES string of the molecule is c1ccc(-c2nc3ccc4ccc5ccc(N(c6ccc7oc8cccc(-c9ccccc9)c8c7c6)c6cccc7c6c6ccccc6n7-c6ccccc6)cc5c4c3o2)cc1. The van der Waals surface area contributed by atoms with E-state index in [-0.39, 0.29) is 0 Å². The van der Waals surface area contributed by atoms with Gasteiger partial charge in [0.25, 0.3) is 0 Å². The molecule has 3 heterocycles. The van der Waals surface area contributed by atoms with E-state index in [4.69, 9.17) is 13.8 Å². The van der Waals surface area contributed by atoms with Gasteiger partial charge >= 0.3 is 0 Å². The molecule has 290 valence electrons. The average molecular weight is 794 g/mol. The van der Waals surface area contributed by atoms with Crippen molar-refractivity contribution in [1.82, 2.24) is 9.55 Å². The second-order valence-corrected chi connectivity index (χ2v) is 15.9. The Balaban J connectivity index is 1.11. The smallest absolute Gasteiger partial charge is 0.227 e. The van der Waals surface area contributed by atoms with Gasteiger partial charge in [-0.15, -0.1) is 0 Å². The Morgan fingerprint density at radius 2 is 1.08 bits per heavy atom. The van der Waals surface area contributed by atoms with Gasteiger partial charge in [0.1, 0.15) is 16.7 Å². The van der Waals surface area contributed by atoms with Gasteiger partial charge in [-0.3, -0.25) is 0 Å². The Bertz CT molecular complexity index is 3860. The number of hydrogen-bond donors (Lipinski definition) is 0. The molecule has 62 heavy (non-hydrogen) atoms. The van der Waals surface area contributed by atoms with Crippen LogP contribution in [0.3, 0.4) is 0 Å². The quantitative estimate of drug-likeness (QED) is 0.157. The third-order valence-electron chi connectivity index (χ3n) is 12.4. The van der Waals surface area contributed by atoms with Crippen molar-refractivity contribution < 1.29 is 8.83 Å². The van der Waals surface area contributed by atoms with E-state index < -0.39 is 0 Å². The molecule has 0 fully saturated rings. The Labute approximate surface area is 355 Å². The van der Waals surface area contributed by atoms with Gasteiger partial charge in [-0.1, -0.05) is 127 Å². The highest BCUT2D eigenvalue weighted by Gasteiger charge is 2.24. The third kappa shape index (κ3) is 5.25. The fourth-order valence-corrected chi connectivity index (χ4v) is 9.63. The zero-order valence-corrected chi connectivity index (χ0v) is 33.4. The molecule has 0 aliphatic rings. The van der Waals surface area contributed by atoms with Crippen LogP contribution < -0.4 is 4.90 Å². The molecular formula is C57H35N3O2. The Hall–Kier alpha value is -8.41. The zero-order chi connectivity index (χ0) is 40.7. The molecule has 13 rings (SSSR count). The molecular weight excluding hydrogens is 759 g/mol. The van der Waals surface area contributed by atoms with Crippen molar-refractivity contribution in [2.24, 2.45) is 0 Å². The van der Waals surface area contributed by atoms with E-state index in [1.54, 1.807) is 0 Å². The fraction of sp³-hybridized carbons (Fsp3) is 0. The Kier molecular flexibility index (Phi) is 7.54. The molecule has 0 aliphatic carbocycles. The molecule has 0 saturated heterocycles. The van der Waals surface area contributed by atoms with Gasteiger partial charge in [0.2, 0.25) is 5.89 Å². The fourth-order valence-electron chi connectivity index (χ4n) is 9.63. The number of benzene rings is 10. The molecule has 0 bridgehead atoms. The summed E-state index contributed by atoms with van der Waals surface area (Å²) in [6.45, 7) is 0. The van der Waals surface area contributed by atoms with Crippen LogP contribution in [0, 0.1) is 0 Å². The van der Waals surface area contributed by atoms with Gasteiger partial charge in [0.15, 0.2) is 5.58 Å². The van der Waals surface area contributed by atoms with E-state index >= 15 is 0 Å². The summed E-state index contributed by atoms with van der Waals surface area (Å²) < 4.78 is 15.6. The zero-order valence-electron chi connectivity index (χ0n) is 33.4. The Morgan fingerprint density at radius 1 is 0.419 bits per heavy atom. The maximum atomic E-state index is 6.69. The number of furan rings is 1. The van der Waals surface area contributed by atoms with E-state index in [0.29, 0.717) is 5.89 Å². The van der Waals surface area contributed by atoms with E-state index in [2.05, 4.69) is 191 Å². The van der Waals surface area contributed by atoms with E-state index in [0.717, 1.165) is 110 Å². The lowest BCUT2D eigenvalue weighted by Crippen LogP contribution is -2.10. The summed E-state index contributed by atoms with van der Waals surface area (Å²) >= 11 is 0. The van der Waals surface area contributed by atoms with Crippen LogP contribution >= 0.6 is 0 Å². The summed E-state index contributed by atoms with van der Waals surface area (Å²) in [5, 5.41) is 8.84. The van der Waals surface area contributed by atoms with Gasteiger partial charge in [0.05, 0.1) is 16.7 Å². The van der Waals surface area contributed by atoms with Crippen LogP contribution in [0.15, 0.2) is 221 Å². The van der Waals surface area contributed by atoms with Crippen molar-refractivity contribution >= 4 is 93.5 Å². The van der Waals surface area contributed by atoms with Crippen molar-refractivity contribution in [3.8, 4) is 28.3 Å². The van der Waals surface area contributed by atoms with Gasteiger partial charge in [-0.25, -0.2) is 4.98 Å². The van der Waals surface area contributed by atoms with Crippen LogP contribution in [-0.4, -0.2) is 9.55 Å². The first-order chi connectivity index (χ1) is 30.7. The molecule has 5 nitrogen and oxygen atoms in total. The Morgan fingerprint density at radius 3 is 1.92 bits per heavy atom. The molecule has 0 radical (unpaired) electrons. The standard InChI is InChI=1S/C57H35N3O2/c1-4-14-36(15-5-1)43-21-12-25-52-54(43)46-35-42(31-33-51(46)61-52)59(49-23-13-24-50-55(49)44-20-10-11-22-48(44)60(50)40-18-8-3-9-19-40)41-30-28-37-26-27-38-29-32-47-56(53(38)45(37)34-41)62-57(58-47)39-16-6-2-7-17-39/h1-35H. The first-order valence-electron chi connectivity index (χ1n) is 21.0. The number of rotatable bonds is 6. The summed E-state index contributed by atoms with van der Waals surface area (Å²) in [5.41, 5.74) is 13.1. The van der Waals surface area contributed by atoms with Crippen LogP contribution in [0.1, 0.15) is 0 Å². The van der Waals surface area contributed by atoms with Crippen molar-refractivity contribution in [2.45, 2.75) is 0 Å². The predicted octanol–water partition coefficient (Wildman–Crippen LogP) is 15.9. The number of oxazole rings is 1. The second-order valence-electron chi connectivity index (χ2n) is 15.9. The molecule has 13 aromatic rings. The summed E-state index contributed by atoms with van der Waals surface area (Å²) in [5.74, 6) is 0.611. The number of anilines is 3. The molecule has 0 spiro atoms. The second kappa shape index (κ2) is 13.6. The molecule has 0 saturated carbocycles. The van der Waals surface area contributed by atoms with E-state index in [1.807, 2.05) is 30.3 Å². The number of hydrogen-bond acceptors (Lipinski definition) is 4. The van der Waals surface area contributed by atoms with Crippen molar-refractivity contribution in [3.63, 3.8) is 0 Å². The summed E-state index contributed by atoms with van der Waals surface area (Å²) in [6.07, 6.45) is 0. The molecule has 0 aliphatic heterocycles. The molecule has 0 N–H and O–H groups in total. The molecule has 0 amide bonds. The first-order valence-corrected chi connectivity index (χ1v) is 21.0. The van der Waals surface area contributed by atoms with Crippen molar-refractivity contribution in [2.75, 3.05) is 4.90 Å². The van der Waals surface area contributed by atoms with Crippen molar-refractivity contribution in [3.05, 3.63) is 212 Å². The topological polar surface area (TPSA) is 47.3 Å². The first kappa shape index (κ1) is 34.5. The lowest BCUT2D eigenvalue weighted by atomic mass is 9.98. The highest BCUT2D eigenvalue weighted by atomic mass is 16.3. The minimum Gasteiger partial charge on any atom is -0.456 e. The molecule has 10 aromatic carbocycles. The molecule has 3 aromatic heterocycles. The maximum absolute atomic E-state index is 6.69. The lowest BCUT2D eigenvalue weighted by molar-refractivity contribution is 0.623. The van der Waals surface area contributed by atoms with Crippen LogP contribution in [0.25, 0.3) is 105 Å². The van der Waals surface area contributed by atoms with Gasteiger partial charge in [0, 0.05) is 49.6 Å². The van der Waals surface area contributed by atoms with Gasteiger partial charge in [-0.05, 0) is 112 Å². The summed E-state index contributed by atoms with van der Waals surface area (Å²) in [7, 11) is 0. The van der Waals surface area contributed by atoms with Crippen LogP contribution in [0.4, 0.5) is 17.1 Å². The summed E-state index contributed by atoms with van der Waals surface area (Å²) in [4.78, 5) is 7.39. The minimum absolute atomic E-state index is 0.611. The lowest BCUT2D eigenvalue weighted by Gasteiger charge is -2.27. The highest BCUT2D eigenvalue weighted by molar-refractivity contribution is 6.21. The van der Waals surface area contributed by atoms with E-state index in [1.165, 1.54) is 5.39 Å². The predicted molar refractivity (Wildman–Crippen MR) is 256 cm³/mol. The normalized spacial score (nSPS) is 11.9. The third-order valence-corrected chi connectivity index (χ3v) is 12.4. The van der Waals surface area contributed by atoms with Crippen molar-refractivity contribution in [1.29, 1.82) is 0 Å². The van der Waals surface area contributed by atoms with E-state index in [9.17, 15) is 0 Å². The molecule has 0 unspecified atom stereocenters. The van der Waals surface area contributed by atoms with Gasteiger partial charge < -0.3 is 18.3 Å². The summed E-state index contributed by atoms with van der Waals surface area (Å²) in [6, 6.07) is 75.1. The molecule has 0 atom stereocenters. The van der Waals surface area contributed by atoms with Crippen LogP contribution in [0.2, 0.25) is 0 Å². The number of fused-ring (bicyclic) bond motifs is 11. The van der Waals surface area contributed by atoms with Crippen LogP contribution in [-0.2, 0) is 0 Å². The van der Waals surface area contributed by atoms with Crippen LogP contribution in [0.5, 0.6) is 0 Å². The number of para-hydroxylation sites is 2. The minimum atomic E-state index is 0.611.